The summed E-state index contributed by atoms with van der Waals surface area (Å²) in [5.74, 6) is -0.715. The van der Waals surface area contributed by atoms with Crippen molar-refractivity contribution in [1.29, 1.82) is 0 Å². The Hall–Kier alpha value is -2.80. The summed E-state index contributed by atoms with van der Waals surface area (Å²) in [7, 11) is 0. The SMILES string of the molecule is Cc1cc(O)c(Cl)c2c1C(=O)O[C@H](C)C/C=C/CC/C=C/C(=N/OCC(=O)N1CCCCC1)C2. The largest absolute Gasteiger partial charge is 0.506 e. The van der Waals surface area contributed by atoms with Gasteiger partial charge in [-0.25, -0.2) is 4.79 Å². The average molecular weight is 489 g/mol. The Bertz CT molecular complexity index is 980. The van der Waals surface area contributed by atoms with Gasteiger partial charge in [-0.15, -0.1) is 0 Å². The number of carbonyl (C=O) groups is 2. The lowest BCUT2D eigenvalue weighted by molar-refractivity contribution is -0.137. The molecule has 1 saturated heterocycles. The number of oxime groups is 1. The number of nitrogens with zero attached hydrogens (tertiary/aromatic N) is 2. The van der Waals surface area contributed by atoms with Crippen LogP contribution < -0.4 is 0 Å². The lowest BCUT2D eigenvalue weighted by Crippen LogP contribution is -2.37. The zero-order valence-electron chi connectivity index (χ0n) is 19.9. The van der Waals surface area contributed by atoms with Gasteiger partial charge in [-0.05, 0) is 69.2 Å². The van der Waals surface area contributed by atoms with Gasteiger partial charge < -0.3 is 19.6 Å². The third kappa shape index (κ3) is 7.10. The summed E-state index contributed by atoms with van der Waals surface area (Å²) < 4.78 is 5.64. The maximum atomic E-state index is 13.0. The molecule has 1 amide bonds. The molecular formula is C26H33ClN2O5. The van der Waals surface area contributed by atoms with E-state index in [-0.39, 0.29) is 35.8 Å². The Labute approximate surface area is 206 Å². The number of aromatic hydroxyl groups is 1. The molecule has 0 bridgehead atoms. The van der Waals surface area contributed by atoms with Crippen molar-refractivity contribution < 1.29 is 24.3 Å². The van der Waals surface area contributed by atoms with Crippen molar-refractivity contribution >= 4 is 29.2 Å². The van der Waals surface area contributed by atoms with Crippen molar-refractivity contribution in [2.24, 2.45) is 5.16 Å². The van der Waals surface area contributed by atoms with E-state index in [2.05, 4.69) is 11.2 Å². The first-order valence-corrected chi connectivity index (χ1v) is 12.2. The van der Waals surface area contributed by atoms with Gasteiger partial charge in [-0.1, -0.05) is 35.0 Å². The number of halogens is 1. The Morgan fingerprint density at radius 1 is 1.24 bits per heavy atom. The molecule has 8 heteroatoms. The van der Waals surface area contributed by atoms with Crippen LogP contribution in [0, 0.1) is 6.92 Å². The number of amides is 1. The molecule has 1 atom stereocenters. The first-order valence-electron chi connectivity index (χ1n) is 11.9. The third-order valence-electron chi connectivity index (χ3n) is 5.93. The quantitative estimate of drug-likeness (QED) is 0.362. The average Bonchev–Trinajstić information content (AvgIpc) is 2.81. The smallest absolute Gasteiger partial charge is 0.339 e. The Morgan fingerprint density at radius 2 is 1.97 bits per heavy atom. The van der Waals surface area contributed by atoms with E-state index >= 15 is 0 Å². The van der Waals surface area contributed by atoms with Crippen molar-refractivity contribution in [2.75, 3.05) is 19.7 Å². The normalized spacial score (nSPS) is 22.9. The molecule has 0 radical (unpaired) electrons. The molecule has 34 heavy (non-hydrogen) atoms. The number of aryl methyl sites for hydroxylation is 1. The highest BCUT2D eigenvalue weighted by atomic mass is 35.5. The monoisotopic (exact) mass is 488 g/mol. The maximum absolute atomic E-state index is 13.0. The molecule has 1 aromatic carbocycles. The molecule has 7 nitrogen and oxygen atoms in total. The van der Waals surface area contributed by atoms with Gasteiger partial charge >= 0.3 is 5.97 Å². The number of esters is 1. The van der Waals surface area contributed by atoms with Gasteiger partial charge in [0.15, 0.2) is 6.61 Å². The number of hydrogen-bond donors (Lipinski definition) is 1. The predicted octanol–water partition coefficient (Wildman–Crippen LogP) is 5.12. The summed E-state index contributed by atoms with van der Waals surface area (Å²) >= 11 is 6.44. The predicted molar refractivity (Wildman–Crippen MR) is 132 cm³/mol. The first-order chi connectivity index (χ1) is 16.4. The molecule has 2 aliphatic rings. The number of cyclic esters (lactones) is 1. The van der Waals surface area contributed by atoms with Gasteiger partial charge in [0.25, 0.3) is 5.91 Å². The van der Waals surface area contributed by atoms with Crippen LogP contribution in [0.1, 0.15) is 66.9 Å². The van der Waals surface area contributed by atoms with Gasteiger partial charge in [0, 0.05) is 25.9 Å². The molecule has 1 N–H and O–H groups in total. The van der Waals surface area contributed by atoms with Crippen LogP contribution in [-0.4, -0.2) is 53.4 Å². The fourth-order valence-electron chi connectivity index (χ4n) is 4.11. The Morgan fingerprint density at radius 3 is 2.74 bits per heavy atom. The molecule has 2 aliphatic heterocycles. The number of allylic oxidation sites excluding steroid dienone is 3. The summed E-state index contributed by atoms with van der Waals surface area (Å²) in [6.45, 7) is 4.90. The maximum Gasteiger partial charge on any atom is 0.339 e. The number of phenols is 1. The fraction of sp³-hybridized carbons (Fsp3) is 0.500. The molecule has 3 rings (SSSR count). The van der Waals surface area contributed by atoms with E-state index in [1.54, 1.807) is 17.9 Å². The van der Waals surface area contributed by atoms with Gasteiger partial charge in [0.05, 0.1) is 16.3 Å². The van der Waals surface area contributed by atoms with Crippen molar-refractivity contribution in [1.82, 2.24) is 4.90 Å². The minimum Gasteiger partial charge on any atom is -0.506 e. The lowest BCUT2D eigenvalue weighted by Gasteiger charge is -2.26. The van der Waals surface area contributed by atoms with Crippen LogP contribution in [0.25, 0.3) is 0 Å². The standard InChI is InChI=1S/C26H33ClN2O5/c1-18-15-22(30)25(27)21-16-20(28-33-17-23(31)29-13-9-6-10-14-29)12-8-5-3-4-7-11-19(2)34-26(32)24(18)21/h4,7-8,12,15,19,30H,3,5-6,9-11,13-14,16-17H2,1-2H3/b7-4+,12-8+,28-20-/t19-/m1/s1. The Kier molecular flexibility index (Phi) is 9.57. The molecule has 0 saturated carbocycles. The van der Waals surface area contributed by atoms with Gasteiger partial charge in [-0.2, -0.15) is 0 Å². The van der Waals surface area contributed by atoms with Crippen LogP contribution >= 0.6 is 11.6 Å². The zero-order valence-corrected chi connectivity index (χ0v) is 20.6. The molecular weight excluding hydrogens is 456 g/mol. The van der Waals surface area contributed by atoms with Crippen molar-refractivity contribution in [2.45, 2.75) is 64.9 Å². The van der Waals surface area contributed by atoms with E-state index in [0.717, 1.165) is 45.2 Å². The van der Waals surface area contributed by atoms with E-state index in [1.165, 1.54) is 6.07 Å². The molecule has 0 aliphatic carbocycles. The number of rotatable bonds is 3. The highest BCUT2D eigenvalue weighted by Crippen LogP contribution is 2.34. The van der Waals surface area contributed by atoms with Crippen LogP contribution in [0.4, 0.5) is 0 Å². The third-order valence-corrected chi connectivity index (χ3v) is 6.35. The first kappa shape index (κ1) is 25.8. The highest BCUT2D eigenvalue weighted by Gasteiger charge is 2.24. The summed E-state index contributed by atoms with van der Waals surface area (Å²) in [6.07, 6.45) is 13.0. The van der Waals surface area contributed by atoms with Crippen LogP contribution in [0.15, 0.2) is 35.5 Å². The molecule has 0 aromatic heterocycles. The molecule has 1 aromatic rings. The molecule has 0 spiro atoms. The minimum atomic E-state index is -0.503. The molecule has 2 heterocycles. The summed E-state index contributed by atoms with van der Waals surface area (Å²) in [4.78, 5) is 32.7. The number of benzene rings is 1. The summed E-state index contributed by atoms with van der Waals surface area (Å²) in [5, 5.41) is 14.6. The number of piperidine rings is 1. The summed E-state index contributed by atoms with van der Waals surface area (Å²) in [6, 6.07) is 1.45. The van der Waals surface area contributed by atoms with E-state index in [9.17, 15) is 14.7 Å². The second-order valence-electron chi connectivity index (χ2n) is 8.76. The van der Waals surface area contributed by atoms with Crippen LogP contribution in [0.5, 0.6) is 5.75 Å². The van der Waals surface area contributed by atoms with Crippen LogP contribution in [0.3, 0.4) is 0 Å². The van der Waals surface area contributed by atoms with Crippen molar-refractivity contribution in [3.05, 3.63) is 52.1 Å². The van der Waals surface area contributed by atoms with Gasteiger partial charge in [0.2, 0.25) is 0 Å². The van der Waals surface area contributed by atoms with Crippen molar-refractivity contribution in [3.63, 3.8) is 0 Å². The molecule has 1 fully saturated rings. The summed E-state index contributed by atoms with van der Waals surface area (Å²) in [5.41, 5.74) is 1.77. The van der Waals surface area contributed by atoms with E-state index in [4.69, 9.17) is 21.2 Å². The molecule has 0 unspecified atom stereocenters. The van der Waals surface area contributed by atoms with Gasteiger partial charge in [-0.3, -0.25) is 4.79 Å². The second-order valence-corrected chi connectivity index (χ2v) is 9.14. The number of likely N-dealkylation sites (tertiary alicyclic amines) is 1. The van der Waals surface area contributed by atoms with E-state index in [1.807, 2.05) is 19.1 Å². The van der Waals surface area contributed by atoms with E-state index in [0.29, 0.717) is 28.8 Å². The molecule has 184 valence electrons. The zero-order chi connectivity index (χ0) is 24.5. The second kappa shape index (κ2) is 12.6. The lowest BCUT2D eigenvalue weighted by atomic mass is 9.96. The minimum absolute atomic E-state index is 0.0719. The highest BCUT2D eigenvalue weighted by molar-refractivity contribution is 6.33. The van der Waals surface area contributed by atoms with Crippen molar-refractivity contribution in [3.8, 4) is 5.75 Å². The number of ether oxygens (including phenoxy) is 1. The number of phenolic OH excluding ortho intramolecular Hbond substituents is 1. The number of hydrogen-bond acceptors (Lipinski definition) is 6. The number of carbonyl (C=O) groups excluding carboxylic acids is 2. The topological polar surface area (TPSA) is 88.4 Å². The van der Waals surface area contributed by atoms with Crippen LogP contribution in [0.2, 0.25) is 5.02 Å². The van der Waals surface area contributed by atoms with Gasteiger partial charge in [0.1, 0.15) is 11.9 Å². The van der Waals surface area contributed by atoms with Crippen LogP contribution in [-0.2, 0) is 20.8 Å². The van der Waals surface area contributed by atoms with E-state index < -0.39 is 5.97 Å². The number of fused-ring (bicyclic) bond motifs is 1. The Balaban J connectivity index is 1.88. The fourth-order valence-corrected chi connectivity index (χ4v) is 4.32.